The highest BCUT2D eigenvalue weighted by Gasteiger charge is 2.09. The van der Waals surface area contributed by atoms with Gasteiger partial charge in [0.15, 0.2) is 0 Å². The highest BCUT2D eigenvalue weighted by atomic mass is 79.9. The van der Waals surface area contributed by atoms with Crippen LogP contribution in [-0.2, 0) is 0 Å². The molecule has 0 aliphatic rings. The topological polar surface area (TPSA) is 38.9 Å². The number of hydrogen-bond donors (Lipinski definition) is 1. The number of hydrogen-bond acceptors (Lipinski definition) is 2. The lowest BCUT2D eigenvalue weighted by Gasteiger charge is -2.13. The molecule has 0 saturated carbocycles. The number of rotatable bonds is 2. The fraction of sp³-hybridized carbons (Fsp3) is 0.154. The van der Waals surface area contributed by atoms with Crippen LogP contribution < -0.4 is 5.73 Å². The van der Waals surface area contributed by atoms with Crippen LogP contribution in [0.1, 0.15) is 22.7 Å². The van der Waals surface area contributed by atoms with Crippen molar-refractivity contribution in [1.29, 1.82) is 0 Å². The van der Waals surface area contributed by atoms with Crippen LogP contribution in [0.4, 0.5) is 0 Å². The molecule has 0 aliphatic heterocycles. The van der Waals surface area contributed by atoms with Crippen LogP contribution in [0.15, 0.2) is 47.2 Å². The predicted molar refractivity (Wildman–Crippen MR) is 69.1 cm³/mol. The summed E-state index contributed by atoms with van der Waals surface area (Å²) in [6, 6.07) is 12.0. The molecule has 2 aromatic rings. The minimum atomic E-state index is -0.111. The van der Waals surface area contributed by atoms with Gasteiger partial charge < -0.3 is 5.73 Å². The first-order chi connectivity index (χ1) is 7.68. The Balaban J connectivity index is 2.34. The van der Waals surface area contributed by atoms with Crippen LogP contribution in [0, 0.1) is 6.92 Å². The fourth-order valence-electron chi connectivity index (χ4n) is 1.60. The summed E-state index contributed by atoms with van der Waals surface area (Å²) in [5.74, 6) is 0. The van der Waals surface area contributed by atoms with E-state index in [9.17, 15) is 0 Å². The number of benzene rings is 1. The lowest BCUT2D eigenvalue weighted by atomic mass is 10.0. The second-order valence-electron chi connectivity index (χ2n) is 3.76. The first-order valence-electron chi connectivity index (χ1n) is 5.11. The van der Waals surface area contributed by atoms with E-state index in [1.165, 1.54) is 0 Å². The van der Waals surface area contributed by atoms with E-state index >= 15 is 0 Å². The SMILES string of the molecule is Cc1cc(C(N)c2ccccc2)cnc1Br. The van der Waals surface area contributed by atoms with Crippen molar-refractivity contribution in [3.05, 3.63) is 63.9 Å². The van der Waals surface area contributed by atoms with Gasteiger partial charge in [-0.15, -0.1) is 0 Å². The molecule has 2 rings (SSSR count). The average molecular weight is 277 g/mol. The van der Waals surface area contributed by atoms with Gasteiger partial charge in [0.2, 0.25) is 0 Å². The molecule has 1 atom stereocenters. The van der Waals surface area contributed by atoms with Gasteiger partial charge in [-0.3, -0.25) is 0 Å². The van der Waals surface area contributed by atoms with E-state index in [2.05, 4.69) is 27.0 Å². The van der Waals surface area contributed by atoms with E-state index in [1.54, 1.807) is 0 Å². The molecular weight excluding hydrogens is 264 g/mol. The molecule has 1 unspecified atom stereocenters. The van der Waals surface area contributed by atoms with E-state index in [4.69, 9.17) is 5.73 Å². The summed E-state index contributed by atoms with van der Waals surface area (Å²) >= 11 is 3.38. The number of halogens is 1. The van der Waals surface area contributed by atoms with Crippen molar-refractivity contribution in [2.24, 2.45) is 5.73 Å². The second kappa shape index (κ2) is 4.76. The van der Waals surface area contributed by atoms with Gasteiger partial charge in [-0.05, 0) is 45.6 Å². The maximum atomic E-state index is 6.18. The van der Waals surface area contributed by atoms with Gasteiger partial charge in [-0.2, -0.15) is 0 Å². The van der Waals surface area contributed by atoms with Crippen molar-refractivity contribution in [3.63, 3.8) is 0 Å². The molecule has 16 heavy (non-hydrogen) atoms. The van der Waals surface area contributed by atoms with Gasteiger partial charge in [0, 0.05) is 6.20 Å². The van der Waals surface area contributed by atoms with E-state index in [-0.39, 0.29) is 6.04 Å². The minimum absolute atomic E-state index is 0.111. The van der Waals surface area contributed by atoms with Crippen molar-refractivity contribution in [2.75, 3.05) is 0 Å². The maximum Gasteiger partial charge on any atom is 0.108 e. The highest BCUT2D eigenvalue weighted by molar-refractivity contribution is 9.10. The number of pyridine rings is 1. The largest absolute Gasteiger partial charge is 0.320 e. The minimum Gasteiger partial charge on any atom is -0.320 e. The molecule has 1 heterocycles. The van der Waals surface area contributed by atoms with Crippen LogP contribution in [0.25, 0.3) is 0 Å². The Morgan fingerprint density at radius 2 is 1.88 bits per heavy atom. The summed E-state index contributed by atoms with van der Waals surface area (Å²) in [4.78, 5) is 4.26. The molecule has 2 nitrogen and oxygen atoms in total. The lowest BCUT2D eigenvalue weighted by Crippen LogP contribution is -2.12. The van der Waals surface area contributed by atoms with Crippen LogP contribution >= 0.6 is 15.9 Å². The maximum absolute atomic E-state index is 6.18. The van der Waals surface area contributed by atoms with Crippen molar-refractivity contribution in [3.8, 4) is 0 Å². The Bertz CT molecular complexity index is 483. The Hall–Kier alpha value is -1.19. The first kappa shape index (κ1) is 11.3. The monoisotopic (exact) mass is 276 g/mol. The van der Waals surface area contributed by atoms with Crippen molar-refractivity contribution in [1.82, 2.24) is 4.98 Å². The molecule has 0 bridgehead atoms. The van der Waals surface area contributed by atoms with E-state index < -0.39 is 0 Å². The number of aryl methyl sites for hydroxylation is 1. The summed E-state index contributed by atoms with van der Waals surface area (Å²) in [6.45, 7) is 2.01. The quantitative estimate of drug-likeness (QED) is 0.856. The summed E-state index contributed by atoms with van der Waals surface area (Å²) in [5.41, 5.74) is 9.42. The van der Waals surface area contributed by atoms with Crippen LogP contribution in [-0.4, -0.2) is 4.98 Å². The second-order valence-corrected chi connectivity index (χ2v) is 4.52. The predicted octanol–water partition coefficient (Wildman–Crippen LogP) is 3.20. The molecule has 0 saturated heterocycles. The zero-order valence-electron chi connectivity index (χ0n) is 9.02. The third kappa shape index (κ3) is 2.31. The molecule has 2 N–H and O–H groups in total. The summed E-state index contributed by atoms with van der Waals surface area (Å²) in [6.07, 6.45) is 1.81. The standard InChI is InChI=1S/C13H13BrN2/c1-9-7-11(8-16-13(9)14)12(15)10-5-3-2-4-6-10/h2-8,12H,15H2,1H3. The van der Waals surface area contributed by atoms with Gasteiger partial charge in [0.25, 0.3) is 0 Å². The molecule has 0 fully saturated rings. The summed E-state index contributed by atoms with van der Waals surface area (Å²) < 4.78 is 0.872. The normalized spacial score (nSPS) is 12.4. The van der Waals surface area contributed by atoms with Gasteiger partial charge >= 0.3 is 0 Å². The Morgan fingerprint density at radius 1 is 1.19 bits per heavy atom. The molecular formula is C13H13BrN2. The molecule has 82 valence electrons. The lowest BCUT2D eigenvalue weighted by molar-refractivity contribution is 0.858. The van der Waals surface area contributed by atoms with Crippen molar-refractivity contribution >= 4 is 15.9 Å². The molecule has 0 aliphatic carbocycles. The van der Waals surface area contributed by atoms with Gasteiger partial charge in [-0.1, -0.05) is 30.3 Å². The summed E-state index contributed by atoms with van der Waals surface area (Å²) in [7, 11) is 0. The average Bonchev–Trinajstić information content (AvgIpc) is 2.33. The number of nitrogens with zero attached hydrogens (tertiary/aromatic N) is 1. The van der Waals surface area contributed by atoms with Crippen LogP contribution in [0.3, 0.4) is 0 Å². The Kier molecular flexibility index (Phi) is 3.36. The van der Waals surface area contributed by atoms with E-state index in [0.29, 0.717) is 0 Å². The Labute approximate surface area is 104 Å². The zero-order valence-corrected chi connectivity index (χ0v) is 10.6. The van der Waals surface area contributed by atoms with E-state index in [1.807, 2.05) is 43.5 Å². The highest BCUT2D eigenvalue weighted by Crippen LogP contribution is 2.22. The molecule has 0 radical (unpaired) electrons. The smallest absolute Gasteiger partial charge is 0.108 e. The third-order valence-electron chi connectivity index (χ3n) is 2.55. The van der Waals surface area contributed by atoms with Gasteiger partial charge in [0.1, 0.15) is 4.60 Å². The molecule has 0 spiro atoms. The van der Waals surface area contributed by atoms with Gasteiger partial charge in [0.05, 0.1) is 6.04 Å². The third-order valence-corrected chi connectivity index (χ3v) is 3.38. The summed E-state index contributed by atoms with van der Waals surface area (Å²) in [5, 5.41) is 0. The van der Waals surface area contributed by atoms with Crippen LogP contribution in [0.5, 0.6) is 0 Å². The molecule has 1 aromatic carbocycles. The molecule has 3 heteroatoms. The van der Waals surface area contributed by atoms with E-state index in [0.717, 1.165) is 21.3 Å². The van der Waals surface area contributed by atoms with Crippen molar-refractivity contribution in [2.45, 2.75) is 13.0 Å². The first-order valence-corrected chi connectivity index (χ1v) is 5.90. The number of nitrogens with two attached hydrogens (primary N) is 1. The number of aromatic nitrogens is 1. The van der Waals surface area contributed by atoms with Crippen LogP contribution in [0.2, 0.25) is 0 Å². The van der Waals surface area contributed by atoms with Crippen molar-refractivity contribution < 1.29 is 0 Å². The molecule has 0 amide bonds. The fourth-order valence-corrected chi connectivity index (χ4v) is 1.82. The zero-order chi connectivity index (χ0) is 11.5. The Morgan fingerprint density at radius 3 is 2.50 bits per heavy atom. The van der Waals surface area contributed by atoms with Gasteiger partial charge in [-0.25, -0.2) is 4.98 Å². The molecule has 1 aromatic heterocycles.